The summed E-state index contributed by atoms with van der Waals surface area (Å²) in [5, 5.41) is 10.9. The number of carbonyl (C=O) groups excluding carboxylic acids is 1. The smallest absolute Gasteiger partial charge is 0.418 e. The molecule has 0 fully saturated rings. The van der Waals surface area contributed by atoms with Crippen LogP contribution in [0.25, 0.3) is 0 Å². The zero-order valence-corrected chi connectivity index (χ0v) is 23.2. The Labute approximate surface area is 241 Å². The molecule has 1 unspecified atom stereocenters. The minimum absolute atomic E-state index is 0.0363. The van der Waals surface area contributed by atoms with Crippen LogP contribution >= 0.6 is 11.6 Å². The highest BCUT2D eigenvalue weighted by Crippen LogP contribution is 2.49. The fourth-order valence-electron chi connectivity index (χ4n) is 5.69. The molecule has 0 saturated carbocycles. The van der Waals surface area contributed by atoms with E-state index in [2.05, 4.69) is 6.07 Å². The number of carbonyl (C=O) groups is 1. The Kier molecular flexibility index (Phi) is 7.58. The highest BCUT2D eigenvalue weighted by atomic mass is 35.5. The Morgan fingerprint density at radius 2 is 1.80 bits per heavy atom. The van der Waals surface area contributed by atoms with E-state index in [9.17, 15) is 23.2 Å². The summed E-state index contributed by atoms with van der Waals surface area (Å²) in [4.78, 5) is 14.8. The minimum Gasteiger partial charge on any atom is -0.489 e. The van der Waals surface area contributed by atoms with Crippen molar-refractivity contribution in [2.75, 3.05) is 4.90 Å². The van der Waals surface area contributed by atoms with Gasteiger partial charge in [0.2, 0.25) is 0 Å². The van der Waals surface area contributed by atoms with Gasteiger partial charge in [-0.05, 0) is 79.8 Å². The number of nitrogens with zero attached hydrogens (tertiary/aromatic N) is 2. The van der Waals surface area contributed by atoms with E-state index >= 15 is 0 Å². The molecule has 5 rings (SSSR count). The van der Waals surface area contributed by atoms with Crippen molar-refractivity contribution in [3.63, 3.8) is 0 Å². The van der Waals surface area contributed by atoms with E-state index in [0.29, 0.717) is 40.4 Å². The zero-order valence-electron chi connectivity index (χ0n) is 22.5. The molecule has 1 aliphatic carbocycles. The number of ether oxygens (including phenoxy) is 1. The van der Waals surface area contributed by atoms with E-state index in [-0.39, 0.29) is 35.9 Å². The predicted molar refractivity (Wildman–Crippen MR) is 151 cm³/mol. The number of ketones is 1. The normalized spacial score (nSPS) is 17.4. The molecule has 41 heavy (non-hydrogen) atoms. The molecule has 0 bridgehead atoms. The molecule has 3 aromatic rings. The molecule has 2 N–H and O–H groups in total. The molecular weight excluding hydrogens is 551 g/mol. The lowest BCUT2D eigenvalue weighted by atomic mass is 9.73. The molecule has 3 aromatic carbocycles. The number of anilines is 1. The van der Waals surface area contributed by atoms with Gasteiger partial charge in [-0.15, -0.1) is 0 Å². The summed E-state index contributed by atoms with van der Waals surface area (Å²) in [6.45, 7) is 4.01. The van der Waals surface area contributed by atoms with Gasteiger partial charge >= 0.3 is 6.18 Å². The van der Waals surface area contributed by atoms with Gasteiger partial charge in [0.05, 0.1) is 28.8 Å². The lowest BCUT2D eigenvalue weighted by molar-refractivity contribution is -0.137. The minimum atomic E-state index is -4.66. The van der Waals surface area contributed by atoms with Crippen molar-refractivity contribution in [2.24, 2.45) is 5.73 Å². The predicted octanol–water partition coefficient (Wildman–Crippen LogP) is 7.86. The van der Waals surface area contributed by atoms with E-state index in [1.54, 1.807) is 24.3 Å². The molecule has 0 radical (unpaired) electrons. The van der Waals surface area contributed by atoms with Crippen molar-refractivity contribution >= 4 is 23.1 Å². The van der Waals surface area contributed by atoms with Crippen LogP contribution in [0.2, 0.25) is 5.02 Å². The molecule has 5 nitrogen and oxygen atoms in total. The van der Waals surface area contributed by atoms with Crippen molar-refractivity contribution < 1.29 is 22.7 Å². The number of Topliss-reactive ketones (excluding diaryl/α,β-unsaturated/α-hetero) is 1. The molecule has 210 valence electrons. The average Bonchev–Trinajstić information content (AvgIpc) is 2.93. The second-order valence-corrected chi connectivity index (χ2v) is 10.6. The van der Waals surface area contributed by atoms with Crippen molar-refractivity contribution in [3.8, 4) is 11.8 Å². The zero-order chi connectivity index (χ0) is 29.5. The molecule has 1 atom stereocenters. The maximum atomic E-state index is 14.1. The van der Waals surface area contributed by atoms with E-state index in [4.69, 9.17) is 22.1 Å². The maximum absolute atomic E-state index is 14.1. The monoisotopic (exact) mass is 577 g/mol. The van der Waals surface area contributed by atoms with Crippen LogP contribution in [0.5, 0.6) is 5.75 Å². The van der Waals surface area contributed by atoms with Gasteiger partial charge in [-0.3, -0.25) is 9.69 Å². The van der Waals surface area contributed by atoms with Crippen molar-refractivity contribution in [1.82, 2.24) is 0 Å². The third-order valence-electron chi connectivity index (χ3n) is 7.58. The Hall–Kier alpha value is -4.22. The number of nitriles is 1. The second kappa shape index (κ2) is 11.0. The fourth-order valence-corrected chi connectivity index (χ4v) is 5.81. The molecule has 1 heterocycles. The molecular formula is C32H27ClF3N3O2. The van der Waals surface area contributed by atoms with Crippen LogP contribution in [-0.2, 0) is 17.6 Å². The number of benzene rings is 3. The molecule has 9 heteroatoms. The van der Waals surface area contributed by atoms with E-state index < -0.39 is 17.7 Å². The lowest BCUT2D eigenvalue weighted by Crippen LogP contribution is -2.39. The van der Waals surface area contributed by atoms with Crippen LogP contribution in [-0.4, -0.2) is 5.78 Å². The number of hydrogen-bond acceptors (Lipinski definition) is 5. The summed E-state index contributed by atoms with van der Waals surface area (Å²) in [7, 11) is 0. The quantitative estimate of drug-likeness (QED) is 0.334. The van der Waals surface area contributed by atoms with Crippen molar-refractivity contribution in [1.29, 1.82) is 5.26 Å². The standard InChI is InChI=1S/C32H27ClF3N3O2/c1-18-14-20(17-41-22-12-10-21(33)11-13-22)19(2)23(15-18)29-24(16-37)31(38)39(27-8-5-9-28(40)30(27)29)26-7-4-3-6-25(26)32(34,35)36/h3-4,6-7,10-15,29H,5,8-9,17,38H2,1-2H3. The number of nitrogens with two attached hydrogens (primary N) is 1. The summed E-state index contributed by atoms with van der Waals surface area (Å²) in [5.41, 5.74) is 9.46. The number of halogens is 4. The first-order chi connectivity index (χ1) is 19.5. The third kappa shape index (κ3) is 5.30. The van der Waals surface area contributed by atoms with Crippen LogP contribution in [0.3, 0.4) is 0 Å². The van der Waals surface area contributed by atoms with Crippen LogP contribution in [0, 0.1) is 25.2 Å². The number of alkyl halides is 3. The SMILES string of the molecule is Cc1cc(COc2ccc(Cl)cc2)c(C)c(C2C(C#N)=C(N)N(c3ccccc3C(F)(F)F)C3=C2C(=O)CCC3)c1. The van der Waals surface area contributed by atoms with Crippen molar-refractivity contribution in [3.05, 3.63) is 116 Å². The average molecular weight is 578 g/mol. The highest BCUT2D eigenvalue weighted by Gasteiger charge is 2.43. The van der Waals surface area contributed by atoms with Gasteiger partial charge in [0.15, 0.2) is 5.78 Å². The summed E-state index contributed by atoms with van der Waals surface area (Å²) < 4.78 is 48.2. The van der Waals surface area contributed by atoms with E-state index in [1.165, 1.54) is 23.1 Å². The molecule has 0 saturated heterocycles. The van der Waals surface area contributed by atoms with Gasteiger partial charge in [0, 0.05) is 22.7 Å². The Bertz CT molecular complexity index is 1640. The Balaban J connectivity index is 1.66. The number of para-hydroxylation sites is 1. The summed E-state index contributed by atoms with van der Waals surface area (Å²) in [6.07, 6.45) is -3.61. The van der Waals surface area contributed by atoms with Crippen LogP contribution in [0.15, 0.2) is 83.3 Å². The molecule has 1 aliphatic heterocycles. The summed E-state index contributed by atoms with van der Waals surface area (Å²) >= 11 is 5.98. The van der Waals surface area contributed by atoms with E-state index in [0.717, 1.165) is 22.8 Å². The van der Waals surface area contributed by atoms with Gasteiger partial charge in [-0.1, -0.05) is 41.4 Å². The summed E-state index contributed by atoms with van der Waals surface area (Å²) in [6, 6.07) is 18.1. The van der Waals surface area contributed by atoms with Gasteiger partial charge in [0.1, 0.15) is 18.2 Å². The second-order valence-electron chi connectivity index (χ2n) is 10.2. The number of allylic oxidation sites excluding steroid dienone is 3. The van der Waals surface area contributed by atoms with E-state index in [1.807, 2.05) is 26.0 Å². The highest BCUT2D eigenvalue weighted by molar-refractivity contribution is 6.30. The van der Waals surface area contributed by atoms with Gasteiger partial charge in [-0.25, -0.2) is 0 Å². The number of hydrogen-bond donors (Lipinski definition) is 1. The number of rotatable bonds is 5. The van der Waals surface area contributed by atoms with Crippen molar-refractivity contribution in [2.45, 2.75) is 51.8 Å². The fraction of sp³-hybridized carbons (Fsp3) is 0.250. The first-order valence-corrected chi connectivity index (χ1v) is 13.5. The molecule has 0 amide bonds. The summed E-state index contributed by atoms with van der Waals surface area (Å²) in [5.74, 6) is -0.498. The lowest BCUT2D eigenvalue weighted by Gasteiger charge is -2.41. The molecule has 0 aromatic heterocycles. The Morgan fingerprint density at radius 3 is 2.49 bits per heavy atom. The largest absolute Gasteiger partial charge is 0.489 e. The topological polar surface area (TPSA) is 79.3 Å². The third-order valence-corrected chi connectivity index (χ3v) is 7.83. The van der Waals surface area contributed by atoms with Crippen LogP contribution < -0.4 is 15.4 Å². The molecule has 0 spiro atoms. The van der Waals surface area contributed by atoms with Gasteiger partial charge in [-0.2, -0.15) is 18.4 Å². The first-order valence-electron chi connectivity index (χ1n) is 13.1. The van der Waals surface area contributed by atoms with Gasteiger partial charge in [0.25, 0.3) is 0 Å². The Morgan fingerprint density at radius 1 is 1.10 bits per heavy atom. The maximum Gasteiger partial charge on any atom is 0.418 e. The number of aryl methyl sites for hydroxylation is 1. The van der Waals surface area contributed by atoms with Gasteiger partial charge < -0.3 is 10.5 Å². The molecule has 2 aliphatic rings. The first kappa shape index (κ1) is 28.3. The van der Waals surface area contributed by atoms with Crippen LogP contribution in [0.4, 0.5) is 18.9 Å². The van der Waals surface area contributed by atoms with Crippen LogP contribution in [0.1, 0.15) is 53.0 Å².